The Morgan fingerprint density at radius 2 is 2.28 bits per heavy atom. The Morgan fingerprint density at radius 1 is 1.50 bits per heavy atom. The Bertz CT molecular complexity index is 588. The molecule has 1 N–H and O–H groups in total. The molecule has 0 bridgehead atoms. The van der Waals surface area contributed by atoms with Crippen LogP contribution >= 0.6 is 34.5 Å². The lowest BCUT2D eigenvalue weighted by Crippen LogP contribution is -2.12. The Kier molecular flexibility index (Phi) is 4.16. The third-order valence-corrected chi connectivity index (χ3v) is 3.57. The summed E-state index contributed by atoms with van der Waals surface area (Å²) in [5.41, 5.74) is 0.738. The van der Waals surface area contributed by atoms with Crippen LogP contribution in [0, 0.1) is 5.82 Å². The second kappa shape index (κ2) is 5.65. The van der Waals surface area contributed by atoms with E-state index in [1.54, 1.807) is 5.38 Å². The van der Waals surface area contributed by atoms with Gasteiger partial charge in [0.15, 0.2) is 5.13 Å². The number of thiazole rings is 1. The molecule has 0 saturated carbocycles. The average molecular weight is 305 g/mol. The summed E-state index contributed by atoms with van der Waals surface area (Å²) in [6, 6.07) is 4.05. The number of alkyl halides is 1. The number of halogens is 3. The van der Waals surface area contributed by atoms with Crippen molar-refractivity contribution in [2.75, 3.05) is 5.32 Å². The van der Waals surface area contributed by atoms with Crippen LogP contribution in [-0.2, 0) is 5.88 Å². The van der Waals surface area contributed by atoms with Crippen molar-refractivity contribution in [1.29, 1.82) is 0 Å². The average Bonchev–Trinajstić information content (AvgIpc) is 2.80. The monoisotopic (exact) mass is 304 g/mol. The Morgan fingerprint density at radius 3 is 2.94 bits per heavy atom. The quantitative estimate of drug-likeness (QED) is 0.873. The first kappa shape index (κ1) is 13.3. The Labute approximate surface area is 117 Å². The van der Waals surface area contributed by atoms with Crippen LogP contribution in [0.4, 0.5) is 9.52 Å². The minimum absolute atomic E-state index is 0.0688. The number of amides is 1. The zero-order valence-corrected chi connectivity index (χ0v) is 11.2. The summed E-state index contributed by atoms with van der Waals surface area (Å²) in [7, 11) is 0. The predicted octanol–water partition coefficient (Wildman–Crippen LogP) is 3.93. The molecule has 0 saturated heterocycles. The molecule has 3 nitrogen and oxygen atoms in total. The molecule has 0 unspecified atom stereocenters. The van der Waals surface area contributed by atoms with Crippen molar-refractivity contribution in [3.63, 3.8) is 0 Å². The third-order valence-electron chi connectivity index (χ3n) is 2.11. The number of aromatic nitrogens is 1. The highest BCUT2D eigenvalue weighted by Crippen LogP contribution is 2.22. The SMILES string of the molecule is O=C(Nc1nc(CCl)cs1)c1cccc(F)c1Cl. The van der Waals surface area contributed by atoms with Gasteiger partial charge in [-0.05, 0) is 12.1 Å². The summed E-state index contributed by atoms with van der Waals surface area (Å²) in [6.45, 7) is 0. The molecule has 0 atom stereocenters. The van der Waals surface area contributed by atoms with E-state index in [1.807, 2.05) is 0 Å². The fourth-order valence-corrected chi connectivity index (χ4v) is 2.41. The number of hydrogen-bond donors (Lipinski definition) is 1. The van der Waals surface area contributed by atoms with Gasteiger partial charge in [-0.1, -0.05) is 17.7 Å². The molecule has 2 rings (SSSR count). The standard InChI is InChI=1S/C11H7Cl2FN2OS/c12-4-6-5-18-11(15-6)16-10(17)7-2-1-3-8(14)9(7)13/h1-3,5H,4H2,(H,15,16,17). The van der Waals surface area contributed by atoms with Crippen LogP contribution in [0.2, 0.25) is 5.02 Å². The Hall–Kier alpha value is -1.17. The number of benzene rings is 1. The van der Waals surface area contributed by atoms with Crippen molar-refractivity contribution in [2.45, 2.75) is 5.88 Å². The predicted molar refractivity (Wildman–Crippen MR) is 71.0 cm³/mol. The van der Waals surface area contributed by atoms with Gasteiger partial charge in [-0.3, -0.25) is 10.1 Å². The number of anilines is 1. The van der Waals surface area contributed by atoms with Gasteiger partial charge in [-0.25, -0.2) is 9.37 Å². The smallest absolute Gasteiger partial charge is 0.259 e. The summed E-state index contributed by atoms with van der Waals surface area (Å²) in [5, 5.41) is 4.47. The van der Waals surface area contributed by atoms with Crippen molar-refractivity contribution in [3.05, 3.63) is 45.7 Å². The third kappa shape index (κ3) is 2.80. The first-order valence-electron chi connectivity index (χ1n) is 4.87. The van der Waals surface area contributed by atoms with Crippen molar-refractivity contribution < 1.29 is 9.18 Å². The van der Waals surface area contributed by atoms with Gasteiger partial charge >= 0.3 is 0 Å². The molecule has 0 aliphatic carbocycles. The molecular weight excluding hydrogens is 298 g/mol. The highest BCUT2D eigenvalue weighted by atomic mass is 35.5. The van der Waals surface area contributed by atoms with Crippen molar-refractivity contribution in [3.8, 4) is 0 Å². The minimum atomic E-state index is -0.634. The topological polar surface area (TPSA) is 42.0 Å². The van der Waals surface area contributed by atoms with Crippen molar-refractivity contribution in [2.24, 2.45) is 0 Å². The van der Waals surface area contributed by atoms with E-state index in [2.05, 4.69) is 10.3 Å². The number of rotatable bonds is 3. The highest BCUT2D eigenvalue weighted by Gasteiger charge is 2.14. The van der Waals surface area contributed by atoms with E-state index < -0.39 is 11.7 Å². The fourth-order valence-electron chi connectivity index (χ4n) is 1.27. The van der Waals surface area contributed by atoms with Crippen molar-refractivity contribution >= 4 is 45.6 Å². The van der Waals surface area contributed by atoms with E-state index in [-0.39, 0.29) is 16.5 Å². The molecule has 0 fully saturated rings. The molecule has 1 aromatic carbocycles. The number of carbonyl (C=O) groups excluding carboxylic acids is 1. The van der Waals surface area contributed by atoms with Crippen LogP contribution in [0.3, 0.4) is 0 Å². The van der Waals surface area contributed by atoms with Gasteiger partial charge in [0.2, 0.25) is 0 Å². The summed E-state index contributed by atoms with van der Waals surface area (Å²) >= 11 is 12.6. The van der Waals surface area contributed by atoms with E-state index in [0.717, 1.165) is 0 Å². The molecule has 2 aromatic rings. The van der Waals surface area contributed by atoms with Crippen LogP contribution in [0.1, 0.15) is 16.1 Å². The normalized spacial score (nSPS) is 10.4. The second-order valence-electron chi connectivity index (χ2n) is 3.33. The van der Waals surface area contributed by atoms with E-state index in [1.165, 1.54) is 29.5 Å². The van der Waals surface area contributed by atoms with Gasteiger partial charge in [0.05, 0.1) is 22.2 Å². The van der Waals surface area contributed by atoms with Gasteiger partial charge in [-0.15, -0.1) is 22.9 Å². The zero-order chi connectivity index (χ0) is 13.1. The fraction of sp³-hybridized carbons (Fsp3) is 0.0909. The molecule has 0 spiro atoms. The first-order chi connectivity index (χ1) is 8.61. The summed E-state index contributed by atoms with van der Waals surface area (Å²) in [6.07, 6.45) is 0. The number of nitrogens with zero attached hydrogens (tertiary/aromatic N) is 1. The molecule has 7 heteroatoms. The maximum absolute atomic E-state index is 13.2. The lowest BCUT2D eigenvalue weighted by atomic mass is 10.2. The molecule has 18 heavy (non-hydrogen) atoms. The van der Waals surface area contributed by atoms with Crippen LogP contribution in [0.15, 0.2) is 23.6 Å². The second-order valence-corrected chi connectivity index (χ2v) is 4.84. The lowest BCUT2D eigenvalue weighted by Gasteiger charge is -2.04. The van der Waals surface area contributed by atoms with E-state index >= 15 is 0 Å². The molecular formula is C11H7Cl2FN2OS. The van der Waals surface area contributed by atoms with Crippen molar-refractivity contribution in [1.82, 2.24) is 4.98 Å². The summed E-state index contributed by atoms with van der Waals surface area (Å²) in [5.74, 6) is -0.868. The van der Waals surface area contributed by atoms with E-state index in [4.69, 9.17) is 23.2 Å². The number of carbonyl (C=O) groups is 1. The van der Waals surface area contributed by atoms with Gasteiger partial charge in [0.25, 0.3) is 5.91 Å². The highest BCUT2D eigenvalue weighted by molar-refractivity contribution is 7.14. The molecule has 1 heterocycles. The number of nitrogens with one attached hydrogen (secondary N) is 1. The van der Waals surface area contributed by atoms with Crippen LogP contribution < -0.4 is 5.32 Å². The van der Waals surface area contributed by atoms with Gasteiger partial charge in [0.1, 0.15) is 5.82 Å². The van der Waals surface area contributed by atoms with E-state index in [9.17, 15) is 9.18 Å². The molecule has 0 radical (unpaired) electrons. The van der Waals surface area contributed by atoms with Crippen LogP contribution in [0.25, 0.3) is 0 Å². The zero-order valence-electron chi connectivity index (χ0n) is 8.91. The first-order valence-corrected chi connectivity index (χ1v) is 6.66. The van der Waals surface area contributed by atoms with Gasteiger partial charge in [-0.2, -0.15) is 0 Å². The van der Waals surface area contributed by atoms with E-state index in [0.29, 0.717) is 10.8 Å². The van der Waals surface area contributed by atoms with Crippen LogP contribution in [-0.4, -0.2) is 10.9 Å². The van der Waals surface area contributed by atoms with Crippen LogP contribution in [0.5, 0.6) is 0 Å². The summed E-state index contributed by atoms with van der Waals surface area (Å²) in [4.78, 5) is 15.9. The maximum atomic E-state index is 13.2. The minimum Gasteiger partial charge on any atom is -0.298 e. The molecule has 1 amide bonds. The van der Waals surface area contributed by atoms with Gasteiger partial charge < -0.3 is 0 Å². The number of hydrogen-bond acceptors (Lipinski definition) is 3. The molecule has 0 aliphatic rings. The maximum Gasteiger partial charge on any atom is 0.259 e. The molecule has 1 aromatic heterocycles. The Balaban J connectivity index is 2.19. The van der Waals surface area contributed by atoms with Gasteiger partial charge in [0, 0.05) is 5.38 Å². The lowest BCUT2D eigenvalue weighted by molar-refractivity contribution is 0.102. The molecule has 94 valence electrons. The largest absolute Gasteiger partial charge is 0.298 e. The summed E-state index contributed by atoms with van der Waals surface area (Å²) < 4.78 is 13.2. The molecule has 0 aliphatic heterocycles.